The molecule has 1 aliphatic heterocycles. The molecule has 2 fully saturated rings. The molecule has 1 saturated heterocycles. The number of urea groups is 1. The molecule has 1 heterocycles. The number of carbonyl (C=O) groups excluding carboxylic acids is 2. The molecule has 0 radical (unpaired) electrons. The van der Waals surface area contributed by atoms with Crippen LogP contribution in [0.1, 0.15) is 25.7 Å². The van der Waals surface area contributed by atoms with Gasteiger partial charge in [-0.2, -0.15) is 11.8 Å². The van der Waals surface area contributed by atoms with Crippen LogP contribution in [0.3, 0.4) is 0 Å². The Morgan fingerprint density at radius 2 is 2.24 bits per heavy atom. The highest BCUT2D eigenvalue weighted by Crippen LogP contribution is 2.42. The summed E-state index contributed by atoms with van der Waals surface area (Å²) in [5.41, 5.74) is 0. The average molecular weight is 315 g/mol. The molecule has 0 aromatic heterocycles. The number of piperazine rings is 1. The number of hydrogen-bond donors (Lipinski definition) is 3. The average Bonchev–Trinajstić information content (AvgIpc) is 2.39. The molecule has 2 aliphatic rings. The second-order valence-corrected chi connectivity index (χ2v) is 6.77. The number of rotatable bonds is 5. The Morgan fingerprint density at radius 3 is 2.76 bits per heavy atom. The maximum Gasteiger partial charge on any atom is 0.318 e. The van der Waals surface area contributed by atoms with Gasteiger partial charge in [0.15, 0.2) is 0 Å². The molecule has 2 rings (SSSR count). The minimum atomic E-state index is -1.09. The van der Waals surface area contributed by atoms with Gasteiger partial charge in [-0.05, 0) is 19.1 Å². The topological polar surface area (TPSA) is 98.7 Å². The highest BCUT2D eigenvalue weighted by Gasteiger charge is 2.39. The van der Waals surface area contributed by atoms with E-state index in [2.05, 4.69) is 10.6 Å². The Bertz CT molecular complexity index is 434. The Kier molecular flexibility index (Phi) is 4.97. The van der Waals surface area contributed by atoms with Crippen molar-refractivity contribution >= 4 is 29.7 Å². The number of nitrogens with zero attached hydrogens (tertiary/aromatic N) is 1. The summed E-state index contributed by atoms with van der Waals surface area (Å²) >= 11 is 1.75. The van der Waals surface area contributed by atoms with E-state index < -0.39 is 17.9 Å². The first-order valence-electron chi connectivity index (χ1n) is 7.06. The largest absolute Gasteiger partial charge is 0.481 e. The molecule has 3 N–H and O–H groups in total. The van der Waals surface area contributed by atoms with Crippen LogP contribution in [0.5, 0.6) is 0 Å². The summed E-state index contributed by atoms with van der Waals surface area (Å²) in [4.78, 5) is 36.2. The molecule has 1 atom stereocenters. The lowest BCUT2D eigenvalue weighted by molar-refractivity contribution is -0.142. The van der Waals surface area contributed by atoms with Crippen LogP contribution in [0.15, 0.2) is 0 Å². The number of carbonyl (C=O) groups is 3. The fraction of sp³-hybridized carbons (Fsp3) is 0.769. The first-order valence-corrected chi connectivity index (χ1v) is 8.29. The third-order valence-corrected chi connectivity index (χ3v) is 5.64. The number of carboxylic acids is 1. The molecule has 7 nitrogen and oxygen atoms in total. The van der Waals surface area contributed by atoms with Crippen molar-refractivity contribution in [3.05, 3.63) is 0 Å². The van der Waals surface area contributed by atoms with Gasteiger partial charge in [0.25, 0.3) is 0 Å². The van der Waals surface area contributed by atoms with Crippen molar-refractivity contribution in [2.24, 2.45) is 0 Å². The fourth-order valence-corrected chi connectivity index (χ4v) is 3.60. The van der Waals surface area contributed by atoms with Crippen molar-refractivity contribution in [2.75, 3.05) is 25.9 Å². The van der Waals surface area contributed by atoms with Gasteiger partial charge in [0.2, 0.25) is 5.91 Å². The highest BCUT2D eigenvalue weighted by atomic mass is 32.2. The van der Waals surface area contributed by atoms with Gasteiger partial charge in [-0.1, -0.05) is 6.42 Å². The molecule has 1 saturated carbocycles. The van der Waals surface area contributed by atoms with Gasteiger partial charge >= 0.3 is 12.0 Å². The van der Waals surface area contributed by atoms with E-state index in [1.807, 2.05) is 6.26 Å². The molecule has 0 aromatic rings. The lowest BCUT2D eigenvalue weighted by atomic mass is 9.84. The number of nitrogens with one attached hydrogen (secondary N) is 2. The third kappa shape index (κ3) is 3.61. The first-order chi connectivity index (χ1) is 9.97. The lowest BCUT2D eigenvalue weighted by Crippen LogP contribution is -2.61. The van der Waals surface area contributed by atoms with Crippen LogP contribution in [0.2, 0.25) is 0 Å². The van der Waals surface area contributed by atoms with E-state index in [1.165, 1.54) is 11.3 Å². The van der Waals surface area contributed by atoms with Crippen molar-refractivity contribution in [3.63, 3.8) is 0 Å². The molecule has 0 aromatic carbocycles. The standard InChI is InChI=1S/C13H21N3O4S/c1-21-13(3-2-4-13)8-15-12(20)16-6-5-14-11(19)9(16)7-10(17)18/h9H,2-8H2,1H3,(H,14,19)(H,15,20)(H,17,18). The molecule has 0 spiro atoms. The molecule has 8 heteroatoms. The van der Waals surface area contributed by atoms with E-state index in [1.54, 1.807) is 11.8 Å². The zero-order valence-electron chi connectivity index (χ0n) is 12.1. The molecular formula is C13H21N3O4S. The third-order valence-electron chi connectivity index (χ3n) is 4.22. The smallest absolute Gasteiger partial charge is 0.318 e. The van der Waals surface area contributed by atoms with Crippen LogP contribution in [0.25, 0.3) is 0 Å². The number of carboxylic acid groups (broad SMARTS) is 1. The summed E-state index contributed by atoms with van der Waals surface area (Å²) in [5.74, 6) is -1.49. The van der Waals surface area contributed by atoms with Gasteiger partial charge < -0.3 is 20.6 Å². The minimum Gasteiger partial charge on any atom is -0.481 e. The van der Waals surface area contributed by atoms with Crippen LogP contribution in [-0.2, 0) is 9.59 Å². The molecule has 118 valence electrons. The van der Waals surface area contributed by atoms with Crippen molar-refractivity contribution in [1.82, 2.24) is 15.5 Å². The van der Waals surface area contributed by atoms with Gasteiger partial charge in [0, 0.05) is 24.4 Å². The Hall–Kier alpha value is -1.44. The van der Waals surface area contributed by atoms with E-state index in [0.717, 1.165) is 12.8 Å². The van der Waals surface area contributed by atoms with Crippen molar-refractivity contribution in [3.8, 4) is 0 Å². The Balaban J connectivity index is 1.95. The zero-order valence-corrected chi connectivity index (χ0v) is 12.9. The predicted octanol–water partition coefficient (Wildman–Crippen LogP) is 0.257. The number of aliphatic carboxylic acids is 1. The summed E-state index contributed by atoms with van der Waals surface area (Å²) in [6, 6.07) is -1.28. The van der Waals surface area contributed by atoms with Crippen molar-refractivity contribution in [1.29, 1.82) is 0 Å². The van der Waals surface area contributed by atoms with Crippen LogP contribution < -0.4 is 10.6 Å². The molecule has 0 bridgehead atoms. The number of hydrogen-bond acceptors (Lipinski definition) is 4. The zero-order chi connectivity index (χ0) is 15.5. The van der Waals surface area contributed by atoms with Gasteiger partial charge in [-0.25, -0.2) is 4.79 Å². The van der Waals surface area contributed by atoms with Crippen molar-refractivity contribution in [2.45, 2.75) is 36.5 Å². The van der Waals surface area contributed by atoms with Gasteiger partial charge in [0.1, 0.15) is 6.04 Å². The summed E-state index contributed by atoms with van der Waals surface area (Å²) in [6.07, 6.45) is 4.99. The Labute approximate surface area is 127 Å². The second kappa shape index (κ2) is 6.55. The Morgan fingerprint density at radius 1 is 1.52 bits per heavy atom. The summed E-state index contributed by atoms with van der Waals surface area (Å²) < 4.78 is 0.107. The number of thioether (sulfide) groups is 1. The van der Waals surface area contributed by atoms with Crippen LogP contribution in [-0.4, -0.2) is 64.6 Å². The van der Waals surface area contributed by atoms with Gasteiger partial charge in [-0.15, -0.1) is 0 Å². The van der Waals surface area contributed by atoms with Crippen LogP contribution in [0.4, 0.5) is 4.79 Å². The summed E-state index contributed by atoms with van der Waals surface area (Å²) in [6.45, 7) is 1.25. The fourth-order valence-electron chi connectivity index (χ4n) is 2.69. The first kappa shape index (κ1) is 15.9. The molecule has 21 heavy (non-hydrogen) atoms. The lowest BCUT2D eigenvalue weighted by Gasteiger charge is -2.41. The quantitative estimate of drug-likeness (QED) is 0.676. The van der Waals surface area contributed by atoms with Crippen LogP contribution in [0, 0.1) is 0 Å². The van der Waals surface area contributed by atoms with E-state index in [-0.39, 0.29) is 17.2 Å². The molecule has 3 amide bonds. The van der Waals surface area contributed by atoms with E-state index in [9.17, 15) is 14.4 Å². The molecule has 1 aliphatic carbocycles. The van der Waals surface area contributed by atoms with Gasteiger partial charge in [0.05, 0.1) is 6.42 Å². The maximum atomic E-state index is 12.3. The van der Waals surface area contributed by atoms with Crippen LogP contribution >= 0.6 is 11.8 Å². The molecule has 1 unspecified atom stereocenters. The highest BCUT2D eigenvalue weighted by molar-refractivity contribution is 8.00. The maximum absolute atomic E-state index is 12.3. The molecular weight excluding hydrogens is 294 g/mol. The van der Waals surface area contributed by atoms with Crippen molar-refractivity contribution < 1.29 is 19.5 Å². The van der Waals surface area contributed by atoms with E-state index in [0.29, 0.717) is 19.6 Å². The SMILES string of the molecule is CSC1(CNC(=O)N2CCNC(=O)C2CC(=O)O)CCC1. The van der Waals surface area contributed by atoms with E-state index in [4.69, 9.17) is 5.11 Å². The van der Waals surface area contributed by atoms with E-state index >= 15 is 0 Å². The predicted molar refractivity (Wildman–Crippen MR) is 79.3 cm³/mol. The normalized spacial score (nSPS) is 24.0. The number of amides is 3. The second-order valence-electron chi connectivity index (χ2n) is 5.50. The summed E-state index contributed by atoms with van der Waals surface area (Å²) in [5, 5.41) is 14.3. The van der Waals surface area contributed by atoms with Gasteiger partial charge in [-0.3, -0.25) is 9.59 Å². The minimum absolute atomic E-state index is 0.107. The monoisotopic (exact) mass is 315 g/mol. The summed E-state index contributed by atoms with van der Waals surface area (Å²) in [7, 11) is 0.